The maximum absolute atomic E-state index is 11.7. The summed E-state index contributed by atoms with van der Waals surface area (Å²) < 4.78 is 10.6. The summed E-state index contributed by atoms with van der Waals surface area (Å²) >= 11 is 0. The van der Waals surface area contributed by atoms with Gasteiger partial charge in [0.15, 0.2) is 0 Å². The second-order valence-electron chi connectivity index (χ2n) is 4.90. The van der Waals surface area contributed by atoms with Gasteiger partial charge in [-0.3, -0.25) is 4.90 Å². The zero-order chi connectivity index (χ0) is 13.8. The number of cyclic esters (lactones) is 1. The highest BCUT2D eigenvalue weighted by molar-refractivity contribution is 5.88. The smallest absolute Gasteiger partial charge is 0.414 e. The molecule has 1 amide bonds. The van der Waals surface area contributed by atoms with E-state index in [9.17, 15) is 4.79 Å². The van der Waals surface area contributed by atoms with Gasteiger partial charge < -0.3 is 14.6 Å². The molecule has 5 nitrogen and oxygen atoms in total. The van der Waals surface area contributed by atoms with E-state index >= 15 is 0 Å². The Morgan fingerprint density at radius 1 is 1.42 bits per heavy atom. The van der Waals surface area contributed by atoms with Crippen LogP contribution in [0.5, 0.6) is 5.75 Å². The highest BCUT2D eigenvalue weighted by atomic mass is 16.6. The molecule has 1 aliphatic heterocycles. The lowest BCUT2D eigenvalue weighted by atomic mass is 10.1. The Hall–Kier alpha value is -1.75. The van der Waals surface area contributed by atoms with E-state index in [0.717, 1.165) is 11.4 Å². The minimum atomic E-state index is -0.373. The topological polar surface area (TPSA) is 59.0 Å². The maximum Gasteiger partial charge on any atom is 0.414 e. The summed E-state index contributed by atoms with van der Waals surface area (Å²) in [5.41, 5.74) is 0.749. The van der Waals surface area contributed by atoms with Gasteiger partial charge in [-0.15, -0.1) is 0 Å². The van der Waals surface area contributed by atoms with Crippen molar-refractivity contribution in [3.8, 4) is 5.75 Å². The Morgan fingerprint density at radius 3 is 2.68 bits per heavy atom. The molecule has 0 aliphatic carbocycles. The van der Waals surface area contributed by atoms with Crippen LogP contribution in [0.4, 0.5) is 10.5 Å². The monoisotopic (exact) mass is 265 g/mol. The molecule has 1 heterocycles. The number of amides is 1. The van der Waals surface area contributed by atoms with E-state index in [0.29, 0.717) is 6.54 Å². The van der Waals surface area contributed by atoms with Crippen LogP contribution >= 0.6 is 0 Å². The first-order valence-corrected chi connectivity index (χ1v) is 6.42. The van der Waals surface area contributed by atoms with Gasteiger partial charge in [-0.1, -0.05) is 0 Å². The predicted molar refractivity (Wildman–Crippen MR) is 71.5 cm³/mol. The van der Waals surface area contributed by atoms with Crippen LogP contribution in [0.3, 0.4) is 0 Å². The normalized spacial score (nSPS) is 19.5. The number of ether oxygens (including phenoxy) is 2. The average molecular weight is 265 g/mol. The molecule has 1 unspecified atom stereocenters. The van der Waals surface area contributed by atoms with E-state index in [-0.39, 0.29) is 31.3 Å². The number of carbonyl (C=O) groups is 1. The first-order valence-electron chi connectivity index (χ1n) is 6.42. The van der Waals surface area contributed by atoms with E-state index in [4.69, 9.17) is 14.6 Å². The average Bonchev–Trinajstić information content (AvgIpc) is 2.40. The number of aliphatic hydroxyl groups excluding tert-OH is 1. The van der Waals surface area contributed by atoms with Crippen LogP contribution in [0.1, 0.15) is 13.8 Å². The molecular formula is C14H19NO4. The summed E-state index contributed by atoms with van der Waals surface area (Å²) in [4.78, 5) is 13.2. The van der Waals surface area contributed by atoms with Crippen molar-refractivity contribution in [1.82, 2.24) is 0 Å². The van der Waals surface area contributed by atoms with Gasteiger partial charge in [0.2, 0.25) is 0 Å². The van der Waals surface area contributed by atoms with Crippen molar-refractivity contribution in [1.29, 1.82) is 0 Å². The molecule has 1 atom stereocenters. The largest absolute Gasteiger partial charge is 0.491 e. The summed E-state index contributed by atoms with van der Waals surface area (Å²) in [6, 6.07) is 7.29. The van der Waals surface area contributed by atoms with Gasteiger partial charge in [0.25, 0.3) is 0 Å². The molecular weight excluding hydrogens is 246 g/mol. The molecule has 1 aromatic rings. The highest BCUT2D eigenvalue weighted by Gasteiger charge is 2.27. The number of rotatable bonds is 4. The minimum absolute atomic E-state index is 0.0122. The third-order valence-corrected chi connectivity index (χ3v) is 2.88. The summed E-state index contributed by atoms with van der Waals surface area (Å²) in [5.74, 6) is 0.729. The zero-order valence-corrected chi connectivity index (χ0v) is 11.2. The fourth-order valence-corrected chi connectivity index (χ4v) is 1.95. The lowest BCUT2D eigenvalue weighted by molar-refractivity contribution is 0.0900. The number of aliphatic hydroxyl groups is 1. The maximum atomic E-state index is 11.7. The number of hydrogen-bond acceptors (Lipinski definition) is 4. The van der Waals surface area contributed by atoms with Gasteiger partial charge in [0.1, 0.15) is 5.75 Å². The summed E-state index contributed by atoms with van der Waals surface area (Å²) in [5, 5.41) is 9.15. The number of benzene rings is 1. The second-order valence-corrected chi connectivity index (χ2v) is 4.90. The molecule has 2 rings (SSSR count). The quantitative estimate of drug-likeness (QED) is 0.905. The predicted octanol–water partition coefficient (Wildman–Crippen LogP) is 2.04. The van der Waals surface area contributed by atoms with Gasteiger partial charge in [0.05, 0.1) is 19.3 Å². The molecule has 0 bridgehead atoms. The van der Waals surface area contributed by atoms with Gasteiger partial charge >= 0.3 is 6.09 Å². The molecule has 5 heteroatoms. The van der Waals surface area contributed by atoms with Crippen molar-refractivity contribution >= 4 is 11.8 Å². The molecule has 0 saturated carbocycles. The van der Waals surface area contributed by atoms with E-state index in [1.165, 1.54) is 4.90 Å². The third-order valence-electron chi connectivity index (χ3n) is 2.88. The SMILES string of the molecule is CC(C)Oc1ccc(N2CC(CO)COC2=O)cc1. The Labute approximate surface area is 112 Å². The van der Waals surface area contributed by atoms with Crippen LogP contribution in [0.25, 0.3) is 0 Å². The van der Waals surface area contributed by atoms with Crippen molar-refractivity contribution in [2.45, 2.75) is 20.0 Å². The fraction of sp³-hybridized carbons (Fsp3) is 0.500. The highest BCUT2D eigenvalue weighted by Crippen LogP contribution is 2.24. The van der Waals surface area contributed by atoms with Crippen molar-refractivity contribution < 1.29 is 19.4 Å². The third kappa shape index (κ3) is 3.38. The number of anilines is 1. The van der Waals surface area contributed by atoms with Crippen LogP contribution in [-0.4, -0.2) is 37.1 Å². The Kier molecular flexibility index (Phi) is 4.27. The number of nitrogens with zero attached hydrogens (tertiary/aromatic N) is 1. The summed E-state index contributed by atoms with van der Waals surface area (Å²) in [6.07, 6.45) is -0.258. The minimum Gasteiger partial charge on any atom is -0.491 e. The first-order chi connectivity index (χ1) is 9.10. The van der Waals surface area contributed by atoms with Crippen LogP contribution in [-0.2, 0) is 4.74 Å². The molecule has 0 spiro atoms. The first kappa shape index (κ1) is 13.7. The molecule has 1 N–H and O–H groups in total. The van der Waals surface area contributed by atoms with Crippen LogP contribution in [0, 0.1) is 5.92 Å². The molecule has 1 aromatic carbocycles. The van der Waals surface area contributed by atoms with Crippen molar-refractivity contribution in [2.75, 3.05) is 24.7 Å². The van der Waals surface area contributed by atoms with Gasteiger partial charge in [-0.2, -0.15) is 0 Å². The number of carbonyl (C=O) groups excluding carboxylic acids is 1. The van der Waals surface area contributed by atoms with Crippen molar-refractivity contribution in [3.63, 3.8) is 0 Å². The molecule has 0 aromatic heterocycles. The van der Waals surface area contributed by atoms with E-state index in [2.05, 4.69) is 0 Å². The molecule has 104 valence electrons. The van der Waals surface area contributed by atoms with Crippen LogP contribution in [0.2, 0.25) is 0 Å². The lowest BCUT2D eigenvalue weighted by Gasteiger charge is -2.31. The van der Waals surface area contributed by atoms with E-state index in [1.54, 1.807) is 0 Å². The standard InChI is InChI=1S/C14H19NO4/c1-10(2)19-13-5-3-12(4-6-13)15-7-11(8-16)9-18-14(15)17/h3-6,10-11,16H,7-9H2,1-2H3. The second kappa shape index (κ2) is 5.93. The van der Waals surface area contributed by atoms with E-state index in [1.807, 2.05) is 38.1 Å². The van der Waals surface area contributed by atoms with Crippen LogP contribution in [0.15, 0.2) is 24.3 Å². The molecule has 19 heavy (non-hydrogen) atoms. The molecule has 1 fully saturated rings. The summed E-state index contributed by atoms with van der Waals surface area (Å²) in [7, 11) is 0. The molecule has 1 saturated heterocycles. The molecule has 1 aliphatic rings. The molecule has 0 radical (unpaired) electrons. The van der Waals surface area contributed by atoms with Gasteiger partial charge in [0, 0.05) is 18.2 Å². The number of hydrogen-bond donors (Lipinski definition) is 1. The summed E-state index contributed by atoms with van der Waals surface area (Å²) in [6.45, 7) is 4.68. The lowest BCUT2D eigenvalue weighted by Crippen LogP contribution is -2.44. The van der Waals surface area contributed by atoms with Crippen LogP contribution < -0.4 is 9.64 Å². The Morgan fingerprint density at radius 2 is 2.11 bits per heavy atom. The Bertz CT molecular complexity index is 430. The van der Waals surface area contributed by atoms with Gasteiger partial charge in [-0.05, 0) is 38.1 Å². The van der Waals surface area contributed by atoms with Gasteiger partial charge in [-0.25, -0.2) is 4.79 Å². The zero-order valence-electron chi connectivity index (χ0n) is 11.2. The fourth-order valence-electron chi connectivity index (χ4n) is 1.95. The van der Waals surface area contributed by atoms with Crippen molar-refractivity contribution in [3.05, 3.63) is 24.3 Å². The Balaban J connectivity index is 2.09. The van der Waals surface area contributed by atoms with E-state index < -0.39 is 0 Å². The van der Waals surface area contributed by atoms with Crippen molar-refractivity contribution in [2.24, 2.45) is 5.92 Å².